The molecule has 0 amide bonds. The molecule has 2 fully saturated rings. The molecule has 3 unspecified atom stereocenters. The molecule has 0 saturated carbocycles. The zero-order chi connectivity index (χ0) is 15.2. The van der Waals surface area contributed by atoms with Gasteiger partial charge in [-0.3, -0.25) is 4.99 Å². The molecule has 0 spiro atoms. The molecule has 23 heavy (non-hydrogen) atoms. The number of nitrogens with zero attached hydrogens (tertiary/aromatic N) is 1. The molecular formula is C16H26IN3O3. The Labute approximate surface area is 154 Å². The summed E-state index contributed by atoms with van der Waals surface area (Å²) in [6.07, 6.45) is 6.87. The minimum atomic E-state index is 0. The lowest BCUT2D eigenvalue weighted by molar-refractivity contribution is 0.0991. The van der Waals surface area contributed by atoms with Crippen molar-refractivity contribution in [3.63, 3.8) is 0 Å². The molecule has 2 bridgehead atoms. The van der Waals surface area contributed by atoms with Crippen LogP contribution in [0.15, 0.2) is 27.8 Å². The Morgan fingerprint density at radius 2 is 2.35 bits per heavy atom. The highest BCUT2D eigenvalue weighted by Crippen LogP contribution is 2.34. The topological polar surface area (TPSA) is 68.0 Å². The van der Waals surface area contributed by atoms with E-state index in [0.29, 0.717) is 31.5 Å². The van der Waals surface area contributed by atoms with Crippen molar-refractivity contribution in [3.8, 4) is 0 Å². The van der Waals surface area contributed by atoms with Gasteiger partial charge in [-0.25, -0.2) is 0 Å². The number of halogens is 1. The molecule has 0 radical (unpaired) electrons. The Balaban J connectivity index is 0.00000192. The quantitative estimate of drug-likeness (QED) is 0.298. The highest BCUT2D eigenvalue weighted by Gasteiger charge is 2.40. The second-order valence-electron chi connectivity index (χ2n) is 5.84. The summed E-state index contributed by atoms with van der Waals surface area (Å²) in [5.74, 6) is 1.72. The molecule has 130 valence electrons. The number of rotatable bonds is 7. The van der Waals surface area contributed by atoms with Gasteiger partial charge in [0.2, 0.25) is 0 Å². The van der Waals surface area contributed by atoms with Gasteiger partial charge in [0.25, 0.3) is 0 Å². The fourth-order valence-electron chi connectivity index (χ4n) is 3.11. The van der Waals surface area contributed by atoms with Crippen LogP contribution in [0.2, 0.25) is 0 Å². The van der Waals surface area contributed by atoms with Gasteiger partial charge in [0.05, 0.1) is 24.5 Å². The molecule has 2 saturated heterocycles. The maximum atomic E-state index is 5.85. The zero-order valence-electron chi connectivity index (χ0n) is 13.5. The molecule has 2 aliphatic rings. The van der Waals surface area contributed by atoms with Gasteiger partial charge in [-0.1, -0.05) is 0 Å². The molecule has 6 nitrogen and oxygen atoms in total. The highest BCUT2D eigenvalue weighted by molar-refractivity contribution is 14.0. The average Bonchev–Trinajstić information content (AvgIpc) is 3.26. The predicted octanol–water partition coefficient (Wildman–Crippen LogP) is 2.29. The largest absolute Gasteiger partial charge is 0.467 e. The molecule has 7 heteroatoms. The van der Waals surface area contributed by atoms with E-state index in [4.69, 9.17) is 13.9 Å². The van der Waals surface area contributed by atoms with Gasteiger partial charge in [0, 0.05) is 20.2 Å². The minimum absolute atomic E-state index is 0. The van der Waals surface area contributed by atoms with Crippen molar-refractivity contribution in [1.82, 2.24) is 10.6 Å². The van der Waals surface area contributed by atoms with Gasteiger partial charge in [0.1, 0.15) is 12.4 Å². The number of aliphatic imine (C=N–C) groups is 1. The number of furan rings is 1. The molecule has 2 N–H and O–H groups in total. The molecule has 3 heterocycles. The first-order valence-corrected chi connectivity index (χ1v) is 8.08. The number of hydrogen-bond donors (Lipinski definition) is 2. The number of nitrogens with one attached hydrogen (secondary N) is 2. The Bertz CT molecular complexity index is 481. The lowest BCUT2D eigenvalue weighted by Gasteiger charge is -2.22. The Morgan fingerprint density at radius 3 is 3.00 bits per heavy atom. The van der Waals surface area contributed by atoms with Crippen LogP contribution in [0.4, 0.5) is 0 Å². The van der Waals surface area contributed by atoms with Crippen LogP contribution < -0.4 is 10.6 Å². The zero-order valence-corrected chi connectivity index (χ0v) is 15.8. The number of ether oxygens (including phenoxy) is 2. The van der Waals surface area contributed by atoms with Gasteiger partial charge < -0.3 is 24.5 Å². The van der Waals surface area contributed by atoms with E-state index in [2.05, 4.69) is 15.6 Å². The van der Waals surface area contributed by atoms with E-state index in [0.717, 1.165) is 31.1 Å². The van der Waals surface area contributed by atoms with Crippen LogP contribution in [0.25, 0.3) is 0 Å². The van der Waals surface area contributed by atoms with E-state index in [9.17, 15) is 0 Å². The van der Waals surface area contributed by atoms with Crippen molar-refractivity contribution < 1.29 is 13.9 Å². The van der Waals surface area contributed by atoms with Gasteiger partial charge in [-0.2, -0.15) is 0 Å². The summed E-state index contributed by atoms with van der Waals surface area (Å²) in [6.45, 7) is 2.06. The van der Waals surface area contributed by atoms with E-state index in [1.54, 1.807) is 13.3 Å². The second-order valence-corrected chi connectivity index (χ2v) is 5.84. The molecule has 3 atom stereocenters. The van der Waals surface area contributed by atoms with E-state index >= 15 is 0 Å². The first-order valence-electron chi connectivity index (χ1n) is 8.08. The third-order valence-corrected chi connectivity index (χ3v) is 4.23. The molecule has 1 aromatic rings. The van der Waals surface area contributed by atoms with Crippen LogP contribution in [-0.2, 0) is 16.1 Å². The fourth-order valence-corrected chi connectivity index (χ4v) is 3.11. The maximum Gasteiger partial charge on any atom is 0.191 e. The fraction of sp³-hybridized carbons (Fsp3) is 0.688. The molecule has 3 rings (SSSR count). The average molecular weight is 435 g/mol. The van der Waals surface area contributed by atoms with Crippen molar-refractivity contribution in [2.24, 2.45) is 4.99 Å². The van der Waals surface area contributed by atoms with Crippen LogP contribution >= 0.6 is 24.0 Å². The molecule has 2 aliphatic heterocycles. The summed E-state index contributed by atoms with van der Waals surface area (Å²) in [7, 11) is 1.80. The normalized spacial score (nSPS) is 26.1. The molecule has 1 aromatic heterocycles. The summed E-state index contributed by atoms with van der Waals surface area (Å²) >= 11 is 0. The summed E-state index contributed by atoms with van der Waals surface area (Å²) in [6, 6.07) is 4.19. The monoisotopic (exact) mass is 435 g/mol. The SMILES string of the molecule is CN=C(NCCCOCc1ccco1)NC1CC2CCC1O2.I. The van der Waals surface area contributed by atoms with Gasteiger partial charge in [-0.05, 0) is 37.8 Å². The second kappa shape index (κ2) is 9.48. The smallest absolute Gasteiger partial charge is 0.191 e. The molecular weight excluding hydrogens is 409 g/mol. The van der Waals surface area contributed by atoms with Crippen LogP contribution in [0.3, 0.4) is 0 Å². The summed E-state index contributed by atoms with van der Waals surface area (Å²) in [5, 5.41) is 6.80. The lowest BCUT2D eigenvalue weighted by Crippen LogP contribution is -2.47. The van der Waals surface area contributed by atoms with Crippen molar-refractivity contribution in [2.75, 3.05) is 20.2 Å². The first-order chi connectivity index (χ1) is 10.8. The van der Waals surface area contributed by atoms with Crippen LogP contribution in [0, 0.1) is 0 Å². The standard InChI is InChI=1S/C16H25N3O3.HI/c1-17-16(19-14-10-12-5-6-15(14)22-12)18-7-3-8-20-11-13-4-2-9-21-13;/h2,4,9,12,14-15H,3,5-8,10-11H2,1H3,(H2,17,18,19);1H. The molecule has 0 aromatic carbocycles. The van der Waals surface area contributed by atoms with Gasteiger partial charge in [0.15, 0.2) is 5.96 Å². The van der Waals surface area contributed by atoms with E-state index in [1.807, 2.05) is 12.1 Å². The first kappa shape index (κ1) is 18.5. The summed E-state index contributed by atoms with van der Waals surface area (Å²) in [4.78, 5) is 4.28. The summed E-state index contributed by atoms with van der Waals surface area (Å²) < 4.78 is 16.6. The van der Waals surface area contributed by atoms with Gasteiger partial charge >= 0.3 is 0 Å². The number of guanidine groups is 1. The van der Waals surface area contributed by atoms with Crippen LogP contribution in [0.5, 0.6) is 0 Å². The number of hydrogen-bond acceptors (Lipinski definition) is 4. The predicted molar refractivity (Wildman–Crippen MR) is 99.2 cm³/mol. The van der Waals surface area contributed by atoms with Crippen LogP contribution in [0.1, 0.15) is 31.4 Å². The van der Waals surface area contributed by atoms with Crippen molar-refractivity contribution in [2.45, 2.75) is 50.5 Å². The third-order valence-electron chi connectivity index (χ3n) is 4.23. The highest BCUT2D eigenvalue weighted by atomic mass is 127. The van der Waals surface area contributed by atoms with E-state index < -0.39 is 0 Å². The van der Waals surface area contributed by atoms with Crippen molar-refractivity contribution in [1.29, 1.82) is 0 Å². The van der Waals surface area contributed by atoms with E-state index in [-0.39, 0.29) is 24.0 Å². The third kappa shape index (κ3) is 5.36. The van der Waals surface area contributed by atoms with E-state index in [1.165, 1.54) is 12.8 Å². The van der Waals surface area contributed by atoms with Gasteiger partial charge in [-0.15, -0.1) is 24.0 Å². The summed E-state index contributed by atoms with van der Waals surface area (Å²) in [5.41, 5.74) is 0. The lowest BCUT2D eigenvalue weighted by atomic mass is 9.96. The Kier molecular flexibility index (Phi) is 7.64. The van der Waals surface area contributed by atoms with Crippen molar-refractivity contribution >= 4 is 29.9 Å². The maximum absolute atomic E-state index is 5.85. The molecule has 0 aliphatic carbocycles. The van der Waals surface area contributed by atoms with Crippen molar-refractivity contribution in [3.05, 3.63) is 24.2 Å². The Morgan fingerprint density at radius 1 is 1.43 bits per heavy atom. The Hall–Kier alpha value is -0.800. The van der Waals surface area contributed by atoms with Crippen LogP contribution in [-0.4, -0.2) is 44.4 Å². The minimum Gasteiger partial charge on any atom is -0.467 e. The number of fused-ring (bicyclic) bond motifs is 2.